The van der Waals surface area contributed by atoms with Crippen LogP contribution in [0.1, 0.15) is 19.4 Å². The first-order valence-electron chi connectivity index (χ1n) is 7.13. The van der Waals surface area contributed by atoms with E-state index in [1.54, 1.807) is 7.11 Å². The lowest BCUT2D eigenvalue weighted by Crippen LogP contribution is -2.39. The number of nitrogens with zero attached hydrogens (tertiary/aromatic N) is 1. The molecule has 0 heterocycles. The molecular weight excluding hydrogens is 266 g/mol. The highest BCUT2D eigenvalue weighted by molar-refractivity contribution is 5.33. The molecule has 116 valence electrons. The monoisotopic (exact) mass is 291 g/mol. The van der Waals surface area contributed by atoms with Gasteiger partial charge in [0.25, 0.3) is 0 Å². The predicted octanol–water partition coefficient (Wildman–Crippen LogP) is 1.92. The van der Waals surface area contributed by atoms with Gasteiger partial charge in [0.15, 0.2) is 0 Å². The highest BCUT2D eigenvalue weighted by Crippen LogP contribution is 2.20. The lowest BCUT2D eigenvalue weighted by molar-refractivity contribution is 0.0190. The number of terminal acetylenes is 1. The van der Waals surface area contributed by atoms with Crippen molar-refractivity contribution in [2.75, 3.05) is 26.9 Å². The highest BCUT2D eigenvalue weighted by atomic mass is 16.5. The zero-order chi connectivity index (χ0) is 15.7. The summed E-state index contributed by atoms with van der Waals surface area (Å²) in [6, 6.07) is 8.22. The van der Waals surface area contributed by atoms with Crippen LogP contribution in [0, 0.1) is 12.3 Å². The highest BCUT2D eigenvalue weighted by Gasteiger charge is 2.17. The first-order chi connectivity index (χ1) is 10.1. The summed E-state index contributed by atoms with van der Waals surface area (Å²) in [6.07, 6.45) is 4.56. The molecule has 0 saturated heterocycles. The molecule has 0 saturated carbocycles. The van der Waals surface area contributed by atoms with Crippen LogP contribution in [0.15, 0.2) is 24.3 Å². The van der Waals surface area contributed by atoms with Crippen molar-refractivity contribution in [2.45, 2.75) is 32.5 Å². The van der Waals surface area contributed by atoms with Crippen molar-refractivity contribution >= 4 is 0 Å². The van der Waals surface area contributed by atoms with Crippen molar-refractivity contribution in [1.82, 2.24) is 4.90 Å². The van der Waals surface area contributed by atoms with E-state index in [1.165, 1.54) is 0 Å². The van der Waals surface area contributed by atoms with Crippen molar-refractivity contribution in [3.63, 3.8) is 0 Å². The van der Waals surface area contributed by atoms with Crippen molar-refractivity contribution in [3.05, 3.63) is 29.8 Å². The van der Waals surface area contributed by atoms with Crippen LogP contribution in [-0.2, 0) is 11.3 Å². The molecule has 0 bridgehead atoms. The number of aliphatic hydroxyl groups is 1. The van der Waals surface area contributed by atoms with Crippen molar-refractivity contribution in [1.29, 1.82) is 0 Å². The van der Waals surface area contributed by atoms with Gasteiger partial charge in [-0.05, 0) is 19.9 Å². The first-order valence-corrected chi connectivity index (χ1v) is 7.13. The van der Waals surface area contributed by atoms with Gasteiger partial charge in [-0.3, -0.25) is 4.90 Å². The molecule has 0 aliphatic carbocycles. The maximum atomic E-state index is 10.0. The topological polar surface area (TPSA) is 41.9 Å². The van der Waals surface area contributed by atoms with Crippen LogP contribution >= 0.6 is 0 Å². The van der Waals surface area contributed by atoms with E-state index in [9.17, 15) is 5.11 Å². The summed E-state index contributed by atoms with van der Waals surface area (Å²) in [5.41, 5.74) is 1.10. The molecule has 21 heavy (non-hydrogen) atoms. The minimum absolute atomic E-state index is 0.227. The Hall–Kier alpha value is -1.54. The normalized spacial score (nSPS) is 12.4. The molecule has 0 amide bonds. The van der Waals surface area contributed by atoms with Crippen molar-refractivity contribution in [3.8, 4) is 18.1 Å². The number of para-hydroxylation sites is 1. The Kier molecular flexibility index (Phi) is 7.84. The van der Waals surface area contributed by atoms with Crippen LogP contribution in [0.25, 0.3) is 0 Å². The van der Waals surface area contributed by atoms with Gasteiger partial charge in [0.2, 0.25) is 0 Å². The largest absolute Gasteiger partial charge is 0.496 e. The van der Waals surface area contributed by atoms with E-state index in [-0.39, 0.29) is 13.2 Å². The molecule has 0 radical (unpaired) electrons. The third-order valence-corrected chi connectivity index (χ3v) is 3.24. The van der Waals surface area contributed by atoms with E-state index in [1.807, 2.05) is 24.3 Å². The number of aliphatic hydroxyl groups excluding tert-OH is 1. The molecule has 0 unspecified atom stereocenters. The van der Waals surface area contributed by atoms with Crippen LogP contribution in [0.5, 0.6) is 5.75 Å². The van der Waals surface area contributed by atoms with E-state index >= 15 is 0 Å². The summed E-state index contributed by atoms with van der Waals surface area (Å²) < 4.78 is 10.6. The molecule has 0 aliphatic heterocycles. The summed E-state index contributed by atoms with van der Waals surface area (Å²) in [5, 5.41) is 10.0. The van der Waals surface area contributed by atoms with Crippen molar-refractivity contribution < 1.29 is 14.6 Å². The molecule has 0 spiro atoms. The number of hydrogen-bond donors (Lipinski definition) is 1. The third-order valence-electron chi connectivity index (χ3n) is 3.24. The van der Waals surface area contributed by atoms with Gasteiger partial charge >= 0.3 is 0 Å². The maximum absolute atomic E-state index is 10.0. The van der Waals surface area contributed by atoms with E-state index in [0.29, 0.717) is 19.1 Å². The molecule has 1 aromatic rings. The van der Waals surface area contributed by atoms with Gasteiger partial charge in [-0.25, -0.2) is 0 Å². The van der Waals surface area contributed by atoms with Crippen LogP contribution in [0.2, 0.25) is 0 Å². The summed E-state index contributed by atoms with van der Waals surface area (Å²) in [6.45, 7) is 5.92. The lowest BCUT2D eigenvalue weighted by Gasteiger charge is -2.29. The van der Waals surface area contributed by atoms with Crippen LogP contribution in [-0.4, -0.2) is 49.0 Å². The number of rotatable bonds is 9. The van der Waals surface area contributed by atoms with Gasteiger partial charge in [0.05, 0.1) is 19.8 Å². The molecule has 1 atom stereocenters. The molecule has 1 N–H and O–H groups in total. The molecular formula is C17H25NO3. The van der Waals surface area contributed by atoms with Gasteiger partial charge in [-0.15, -0.1) is 6.42 Å². The first kappa shape index (κ1) is 17.5. The van der Waals surface area contributed by atoms with E-state index in [2.05, 4.69) is 24.7 Å². The summed E-state index contributed by atoms with van der Waals surface area (Å²) in [4.78, 5) is 2.18. The minimum Gasteiger partial charge on any atom is -0.496 e. The quantitative estimate of drug-likeness (QED) is 0.557. The number of ether oxygens (including phenoxy) is 2. The van der Waals surface area contributed by atoms with E-state index < -0.39 is 6.10 Å². The zero-order valence-electron chi connectivity index (χ0n) is 13.1. The SMILES string of the molecule is C#CCOC[C@H](O)CN(Cc1ccccc1OC)C(C)C. The Morgan fingerprint density at radius 2 is 2.05 bits per heavy atom. The van der Waals surface area contributed by atoms with Gasteiger partial charge in [0.1, 0.15) is 12.4 Å². The Morgan fingerprint density at radius 1 is 1.33 bits per heavy atom. The second-order valence-electron chi connectivity index (χ2n) is 5.21. The van der Waals surface area contributed by atoms with Crippen LogP contribution < -0.4 is 4.74 Å². The Balaban J connectivity index is 2.63. The Labute approximate surface area is 127 Å². The lowest BCUT2D eigenvalue weighted by atomic mass is 10.1. The molecule has 0 aliphatic rings. The van der Waals surface area contributed by atoms with Gasteiger partial charge in [-0.2, -0.15) is 0 Å². The summed E-state index contributed by atoms with van der Waals surface area (Å²) in [7, 11) is 1.67. The second kappa shape index (κ2) is 9.41. The van der Waals surface area contributed by atoms with Crippen LogP contribution in [0.3, 0.4) is 0 Å². The van der Waals surface area contributed by atoms with Gasteiger partial charge < -0.3 is 14.6 Å². The number of benzene rings is 1. The molecule has 0 aromatic heterocycles. The van der Waals surface area contributed by atoms with Gasteiger partial charge in [0, 0.05) is 24.7 Å². The number of hydrogen-bond acceptors (Lipinski definition) is 4. The maximum Gasteiger partial charge on any atom is 0.123 e. The van der Waals surface area contributed by atoms with Gasteiger partial charge in [-0.1, -0.05) is 24.1 Å². The molecule has 1 rings (SSSR count). The number of methoxy groups -OCH3 is 1. The summed E-state index contributed by atoms with van der Waals surface area (Å²) in [5.74, 6) is 3.25. The van der Waals surface area contributed by atoms with Crippen molar-refractivity contribution in [2.24, 2.45) is 0 Å². The smallest absolute Gasteiger partial charge is 0.123 e. The third kappa shape index (κ3) is 6.17. The second-order valence-corrected chi connectivity index (χ2v) is 5.21. The fraction of sp³-hybridized carbons (Fsp3) is 0.529. The average Bonchev–Trinajstić information content (AvgIpc) is 2.47. The average molecular weight is 291 g/mol. The molecule has 4 heteroatoms. The standard InChI is InChI=1S/C17H25NO3/c1-5-10-21-13-16(19)12-18(14(2)3)11-15-8-6-7-9-17(15)20-4/h1,6-9,14,16,19H,10-13H2,2-4H3/t16-/m1/s1. The van der Waals surface area contributed by atoms with E-state index in [0.717, 1.165) is 11.3 Å². The zero-order valence-corrected chi connectivity index (χ0v) is 13.1. The predicted molar refractivity (Wildman–Crippen MR) is 84.2 cm³/mol. The molecule has 0 fully saturated rings. The Bertz CT molecular complexity index is 454. The molecule has 1 aromatic carbocycles. The fourth-order valence-corrected chi connectivity index (χ4v) is 2.09. The Morgan fingerprint density at radius 3 is 2.67 bits per heavy atom. The van der Waals surface area contributed by atoms with E-state index in [4.69, 9.17) is 15.9 Å². The van der Waals surface area contributed by atoms with Crippen LogP contribution in [0.4, 0.5) is 0 Å². The minimum atomic E-state index is -0.560. The fourth-order valence-electron chi connectivity index (χ4n) is 2.09. The summed E-state index contributed by atoms with van der Waals surface area (Å²) >= 11 is 0. The molecule has 4 nitrogen and oxygen atoms in total.